The highest BCUT2D eigenvalue weighted by Crippen LogP contribution is 2.29. The van der Waals surface area contributed by atoms with Crippen molar-refractivity contribution in [3.63, 3.8) is 0 Å². The average Bonchev–Trinajstić information content (AvgIpc) is 3.06. The number of anilines is 1. The van der Waals surface area contributed by atoms with Crippen molar-refractivity contribution in [1.29, 1.82) is 0 Å². The number of likely N-dealkylation sites (N-methyl/N-ethyl adjacent to an activating group) is 1. The summed E-state index contributed by atoms with van der Waals surface area (Å²) in [6.45, 7) is 1.67. The summed E-state index contributed by atoms with van der Waals surface area (Å²) < 4.78 is 32.9. The van der Waals surface area contributed by atoms with Crippen LogP contribution in [0.4, 0.5) is 14.5 Å². The minimum absolute atomic E-state index is 0.266. The van der Waals surface area contributed by atoms with Crippen LogP contribution in [0.15, 0.2) is 42.5 Å². The fourth-order valence-corrected chi connectivity index (χ4v) is 2.84. The summed E-state index contributed by atoms with van der Waals surface area (Å²) in [5.74, 6) is -2.11. The van der Waals surface area contributed by atoms with Crippen molar-refractivity contribution in [3.05, 3.63) is 59.7 Å². The number of benzene rings is 2. The Morgan fingerprint density at radius 3 is 2.50 bits per heavy atom. The number of halogens is 2. The van der Waals surface area contributed by atoms with E-state index < -0.39 is 29.3 Å². The second-order valence-electron chi connectivity index (χ2n) is 5.92. The van der Waals surface area contributed by atoms with Crippen LogP contribution in [-0.2, 0) is 16.0 Å². The molecule has 1 N–H and O–H groups in total. The summed E-state index contributed by atoms with van der Waals surface area (Å²) in [5.41, 5.74) is 0.408. The number of hydrogen-bond donors (Lipinski definition) is 1. The van der Waals surface area contributed by atoms with Gasteiger partial charge in [0.25, 0.3) is 5.91 Å². The molecule has 0 unspecified atom stereocenters. The zero-order valence-corrected chi connectivity index (χ0v) is 14.2. The van der Waals surface area contributed by atoms with Gasteiger partial charge in [-0.2, -0.15) is 0 Å². The first-order chi connectivity index (χ1) is 12.5. The largest absolute Gasteiger partial charge is 0.480 e. The molecule has 0 bridgehead atoms. The average molecular weight is 360 g/mol. The molecule has 0 fully saturated rings. The third-order valence-electron chi connectivity index (χ3n) is 4.18. The predicted octanol–water partition coefficient (Wildman–Crippen LogP) is 2.76. The lowest BCUT2D eigenvalue weighted by Crippen LogP contribution is -2.45. The minimum atomic E-state index is -0.873. The second kappa shape index (κ2) is 7.51. The molecule has 1 aliphatic heterocycles. The quantitative estimate of drug-likeness (QED) is 0.892. The van der Waals surface area contributed by atoms with Crippen molar-refractivity contribution in [3.8, 4) is 5.75 Å². The van der Waals surface area contributed by atoms with E-state index >= 15 is 0 Å². The number of para-hydroxylation sites is 2. The van der Waals surface area contributed by atoms with Crippen molar-refractivity contribution in [1.82, 2.24) is 4.90 Å². The summed E-state index contributed by atoms with van der Waals surface area (Å²) in [4.78, 5) is 26.1. The maximum atomic E-state index is 13.6. The predicted molar refractivity (Wildman–Crippen MR) is 91.8 cm³/mol. The molecule has 3 rings (SSSR count). The van der Waals surface area contributed by atoms with Crippen LogP contribution in [0.1, 0.15) is 12.5 Å². The molecule has 1 aliphatic rings. The highest BCUT2D eigenvalue weighted by molar-refractivity contribution is 5.95. The Kier molecular flexibility index (Phi) is 5.16. The van der Waals surface area contributed by atoms with Crippen molar-refractivity contribution >= 4 is 17.5 Å². The zero-order valence-electron chi connectivity index (χ0n) is 14.2. The van der Waals surface area contributed by atoms with Gasteiger partial charge < -0.3 is 15.0 Å². The summed E-state index contributed by atoms with van der Waals surface area (Å²) in [6, 6.07) is 10.6. The summed E-state index contributed by atoms with van der Waals surface area (Å²) in [7, 11) is 0. The molecule has 5 nitrogen and oxygen atoms in total. The molecule has 26 heavy (non-hydrogen) atoms. The number of carbonyl (C=O) groups excluding carboxylic acids is 2. The van der Waals surface area contributed by atoms with Gasteiger partial charge in [0.1, 0.15) is 23.1 Å². The monoisotopic (exact) mass is 360 g/mol. The van der Waals surface area contributed by atoms with E-state index in [1.165, 1.54) is 11.0 Å². The fourth-order valence-electron chi connectivity index (χ4n) is 2.84. The molecular weight excluding hydrogens is 342 g/mol. The van der Waals surface area contributed by atoms with E-state index in [0.29, 0.717) is 12.2 Å². The Balaban J connectivity index is 1.64. The van der Waals surface area contributed by atoms with Crippen molar-refractivity contribution < 1.29 is 23.1 Å². The summed E-state index contributed by atoms with van der Waals surface area (Å²) >= 11 is 0. The van der Waals surface area contributed by atoms with Gasteiger partial charge in [-0.05, 0) is 30.7 Å². The number of nitrogens with one attached hydrogen (secondary N) is 1. The lowest BCUT2D eigenvalue weighted by atomic mass is 10.1. The van der Waals surface area contributed by atoms with Gasteiger partial charge in [-0.15, -0.1) is 0 Å². The summed E-state index contributed by atoms with van der Waals surface area (Å²) in [6.07, 6.45) is -0.278. The van der Waals surface area contributed by atoms with Crippen LogP contribution < -0.4 is 10.1 Å². The van der Waals surface area contributed by atoms with Crippen molar-refractivity contribution in [2.45, 2.75) is 19.4 Å². The topological polar surface area (TPSA) is 58.6 Å². The van der Waals surface area contributed by atoms with Gasteiger partial charge in [-0.25, -0.2) is 8.78 Å². The van der Waals surface area contributed by atoms with Gasteiger partial charge in [0.15, 0.2) is 6.10 Å². The van der Waals surface area contributed by atoms with Crippen molar-refractivity contribution in [2.24, 2.45) is 0 Å². The molecule has 0 spiro atoms. The first kappa shape index (κ1) is 17.8. The molecule has 136 valence electrons. The molecule has 0 radical (unpaired) electrons. The fraction of sp³-hybridized carbons (Fsp3) is 0.263. The lowest BCUT2D eigenvalue weighted by molar-refractivity contribution is -0.140. The smallest absolute Gasteiger partial charge is 0.264 e. The van der Waals surface area contributed by atoms with E-state index in [4.69, 9.17) is 4.74 Å². The molecule has 2 amide bonds. The first-order valence-electron chi connectivity index (χ1n) is 8.26. The normalized spacial score (nSPS) is 15.1. The second-order valence-corrected chi connectivity index (χ2v) is 5.92. The molecule has 0 aromatic heterocycles. The number of hydrogen-bond acceptors (Lipinski definition) is 3. The number of amides is 2. The molecule has 0 saturated carbocycles. The van der Waals surface area contributed by atoms with Gasteiger partial charge in [0.2, 0.25) is 5.91 Å². The van der Waals surface area contributed by atoms with Crippen LogP contribution in [0.25, 0.3) is 0 Å². The number of carbonyl (C=O) groups is 2. The van der Waals surface area contributed by atoms with Crippen LogP contribution in [0, 0.1) is 11.6 Å². The molecule has 7 heteroatoms. The van der Waals surface area contributed by atoms with Crippen molar-refractivity contribution in [2.75, 3.05) is 18.4 Å². The molecule has 1 heterocycles. The van der Waals surface area contributed by atoms with Gasteiger partial charge in [-0.1, -0.05) is 24.3 Å². The molecule has 2 aromatic rings. The molecule has 0 aliphatic carbocycles. The van der Waals surface area contributed by atoms with E-state index in [1.807, 2.05) is 18.2 Å². The summed E-state index contributed by atoms with van der Waals surface area (Å²) in [5, 5.41) is 2.18. The van der Waals surface area contributed by atoms with E-state index in [9.17, 15) is 18.4 Å². The first-order valence-corrected chi connectivity index (χ1v) is 8.26. The van der Waals surface area contributed by atoms with Gasteiger partial charge in [0.05, 0.1) is 6.54 Å². The maximum absolute atomic E-state index is 13.6. The zero-order chi connectivity index (χ0) is 18.7. The number of fused-ring (bicyclic) bond motifs is 1. The SMILES string of the molecule is CCN(CC(=O)Nc1c(F)cccc1F)C(=O)[C@H]1Cc2ccccc2O1. The number of rotatable bonds is 5. The number of nitrogens with zero attached hydrogens (tertiary/aromatic N) is 1. The van der Waals surface area contributed by atoms with E-state index in [1.54, 1.807) is 13.0 Å². The molecule has 0 saturated heterocycles. The van der Waals surface area contributed by atoms with Crippen LogP contribution in [0.5, 0.6) is 5.75 Å². The van der Waals surface area contributed by atoms with E-state index in [0.717, 1.165) is 17.7 Å². The lowest BCUT2D eigenvalue weighted by Gasteiger charge is -2.23. The van der Waals surface area contributed by atoms with Crippen LogP contribution in [0.2, 0.25) is 0 Å². The highest BCUT2D eigenvalue weighted by Gasteiger charge is 2.32. The van der Waals surface area contributed by atoms with Crippen LogP contribution >= 0.6 is 0 Å². The molecular formula is C19H18F2N2O3. The Morgan fingerprint density at radius 2 is 1.85 bits per heavy atom. The standard InChI is InChI=1S/C19H18F2N2O3/c1-2-23(11-17(24)22-18-13(20)7-5-8-14(18)21)19(25)16-10-12-6-3-4-9-15(12)26-16/h3-9,16H,2,10-11H2,1H3,(H,22,24)/t16-/m1/s1. The van der Waals surface area contributed by atoms with E-state index in [-0.39, 0.29) is 19.0 Å². The number of ether oxygens (including phenoxy) is 1. The van der Waals surface area contributed by atoms with Crippen LogP contribution in [0.3, 0.4) is 0 Å². The Morgan fingerprint density at radius 1 is 1.15 bits per heavy atom. The van der Waals surface area contributed by atoms with Gasteiger partial charge in [0, 0.05) is 13.0 Å². The maximum Gasteiger partial charge on any atom is 0.264 e. The van der Waals surface area contributed by atoms with Gasteiger partial charge in [-0.3, -0.25) is 9.59 Å². The van der Waals surface area contributed by atoms with E-state index in [2.05, 4.69) is 5.32 Å². The third-order valence-corrected chi connectivity index (χ3v) is 4.18. The van der Waals surface area contributed by atoms with Crippen LogP contribution in [-0.4, -0.2) is 35.9 Å². The van der Waals surface area contributed by atoms with Gasteiger partial charge >= 0.3 is 0 Å². The minimum Gasteiger partial charge on any atom is -0.480 e. The molecule has 2 aromatic carbocycles. The third kappa shape index (κ3) is 3.66. The Labute approximate surface area is 149 Å². The Bertz CT molecular complexity index is 796. The molecule has 1 atom stereocenters. The highest BCUT2D eigenvalue weighted by atomic mass is 19.1. The Hall–Kier alpha value is -2.96.